The molecule has 1 aliphatic rings. The monoisotopic (exact) mass is 333 g/mol. The average Bonchev–Trinajstić information content (AvgIpc) is 2.54. The van der Waals surface area contributed by atoms with Crippen LogP contribution < -0.4 is 0 Å². The van der Waals surface area contributed by atoms with Gasteiger partial charge in [-0.1, -0.05) is 22.0 Å². The van der Waals surface area contributed by atoms with E-state index in [0.717, 1.165) is 36.8 Å². The molecule has 0 saturated carbocycles. The lowest BCUT2D eigenvalue weighted by molar-refractivity contribution is 0.0701. The number of benzene rings is 1. The molecule has 2 heterocycles. The number of carbonyl (C=O) groups excluding carboxylic acids is 1. The standard InChI is InChI=1S/C15H16BrN3O/c16-10-11-4-8-19(9-5-11)15(20)12-2-1-3-13-14(12)18-7-6-17-13/h1-3,6-7,11H,4-5,8-10H2. The lowest BCUT2D eigenvalue weighted by Gasteiger charge is -2.31. The molecule has 0 spiro atoms. The molecule has 0 atom stereocenters. The molecule has 1 aliphatic heterocycles. The van der Waals surface area contributed by atoms with Gasteiger partial charge in [0.25, 0.3) is 5.91 Å². The number of alkyl halides is 1. The van der Waals surface area contributed by atoms with Crippen molar-refractivity contribution in [3.05, 3.63) is 36.2 Å². The molecule has 0 N–H and O–H groups in total. The van der Waals surface area contributed by atoms with Gasteiger partial charge < -0.3 is 4.90 Å². The Labute approximate surface area is 126 Å². The number of hydrogen-bond donors (Lipinski definition) is 0. The van der Waals surface area contributed by atoms with Crippen molar-refractivity contribution in [1.29, 1.82) is 0 Å². The fourth-order valence-corrected chi connectivity index (χ4v) is 3.27. The first-order valence-corrected chi connectivity index (χ1v) is 7.96. The van der Waals surface area contributed by atoms with Crippen LogP contribution >= 0.6 is 15.9 Å². The highest BCUT2D eigenvalue weighted by Crippen LogP contribution is 2.22. The fraction of sp³-hybridized carbons (Fsp3) is 0.400. The zero-order valence-corrected chi connectivity index (χ0v) is 12.7. The van der Waals surface area contributed by atoms with Crippen LogP contribution in [0.4, 0.5) is 0 Å². The number of rotatable bonds is 2. The number of amides is 1. The summed E-state index contributed by atoms with van der Waals surface area (Å²) < 4.78 is 0. The van der Waals surface area contributed by atoms with Crippen molar-refractivity contribution < 1.29 is 4.79 Å². The van der Waals surface area contributed by atoms with Gasteiger partial charge in [0, 0.05) is 30.8 Å². The Balaban J connectivity index is 1.86. The summed E-state index contributed by atoms with van der Waals surface area (Å²) in [5.74, 6) is 0.760. The molecule has 4 nitrogen and oxygen atoms in total. The maximum absolute atomic E-state index is 12.7. The number of hydrogen-bond acceptors (Lipinski definition) is 3. The summed E-state index contributed by atoms with van der Waals surface area (Å²) in [5.41, 5.74) is 2.13. The molecule has 0 aliphatic carbocycles. The van der Waals surface area contributed by atoms with Crippen LogP contribution in [-0.2, 0) is 0 Å². The van der Waals surface area contributed by atoms with Gasteiger partial charge in [-0.05, 0) is 30.9 Å². The van der Waals surface area contributed by atoms with E-state index in [2.05, 4.69) is 25.9 Å². The van der Waals surface area contributed by atoms with Gasteiger partial charge in [0.05, 0.1) is 11.1 Å². The normalized spacial score (nSPS) is 16.6. The fourth-order valence-electron chi connectivity index (χ4n) is 2.63. The number of likely N-dealkylation sites (tertiary alicyclic amines) is 1. The molecular formula is C15H16BrN3O. The van der Waals surface area contributed by atoms with Crippen molar-refractivity contribution in [3.63, 3.8) is 0 Å². The van der Waals surface area contributed by atoms with Gasteiger partial charge in [-0.15, -0.1) is 0 Å². The molecule has 1 fully saturated rings. The summed E-state index contributed by atoms with van der Waals surface area (Å²) in [6, 6.07) is 5.60. The number of halogens is 1. The minimum absolute atomic E-state index is 0.0733. The van der Waals surface area contributed by atoms with Crippen molar-refractivity contribution in [1.82, 2.24) is 14.9 Å². The Morgan fingerprint density at radius 2 is 2.00 bits per heavy atom. The van der Waals surface area contributed by atoms with Crippen LogP contribution in [-0.4, -0.2) is 39.2 Å². The van der Waals surface area contributed by atoms with Gasteiger partial charge in [0.1, 0.15) is 5.52 Å². The van der Waals surface area contributed by atoms with Crippen molar-refractivity contribution in [2.24, 2.45) is 5.92 Å². The maximum atomic E-state index is 12.7. The average molecular weight is 334 g/mol. The number of aromatic nitrogens is 2. The Bertz CT molecular complexity index is 618. The highest BCUT2D eigenvalue weighted by molar-refractivity contribution is 9.09. The van der Waals surface area contributed by atoms with E-state index in [1.54, 1.807) is 12.4 Å². The molecule has 0 radical (unpaired) electrons. The maximum Gasteiger partial charge on any atom is 0.256 e. The van der Waals surface area contributed by atoms with Crippen molar-refractivity contribution >= 4 is 32.9 Å². The number of piperidine rings is 1. The van der Waals surface area contributed by atoms with E-state index < -0.39 is 0 Å². The van der Waals surface area contributed by atoms with E-state index in [0.29, 0.717) is 17.0 Å². The van der Waals surface area contributed by atoms with E-state index >= 15 is 0 Å². The molecule has 0 unspecified atom stereocenters. The summed E-state index contributed by atoms with van der Waals surface area (Å²) >= 11 is 3.52. The first kappa shape index (κ1) is 13.5. The highest BCUT2D eigenvalue weighted by atomic mass is 79.9. The van der Waals surface area contributed by atoms with Crippen molar-refractivity contribution in [2.75, 3.05) is 18.4 Å². The van der Waals surface area contributed by atoms with Crippen LogP contribution in [0.15, 0.2) is 30.6 Å². The smallest absolute Gasteiger partial charge is 0.256 e. The molecule has 1 aromatic heterocycles. The molecule has 0 bridgehead atoms. The van der Waals surface area contributed by atoms with Crippen molar-refractivity contribution in [3.8, 4) is 0 Å². The number of fused-ring (bicyclic) bond motifs is 1. The van der Waals surface area contributed by atoms with Gasteiger partial charge in [0.15, 0.2) is 0 Å². The third kappa shape index (κ3) is 2.54. The number of carbonyl (C=O) groups is 1. The zero-order valence-electron chi connectivity index (χ0n) is 11.1. The van der Waals surface area contributed by atoms with Crippen LogP contribution in [0.25, 0.3) is 11.0 Å². The molecule has 2 aromatic rings. The van der Waals surface area contributed by atoms with E-state index in [1.165, 1.54) is 0 Å². The SMILES string of the molecule is O=C(c1cccc2nccnc12)N1CCC(CBr)CC1. The Morgan fingerprint density at radius 3 is 2.75 bits per heavy atom. The van der Waals surface area contributed by atoms with E-state index in [1.807, 2.05) is 23.1 Å². The molecule has 1 aromatic carbocycles. The molecule has 5 heteroatoms. The van der Waals surface area contributed by atoms with E-state index in [-0.39, 0.29) is 5.91 Å². The van der Waals surface area contributed by atoms with Gasteiger partial charge in [-0.2, -0.15) is 0 Å². The predicted octanol–water partition coefficient (Wildman–Crippen LogP) is 2.88. The van der Waals surface area contributed by atoms with Gasteiger partial charge in [0.2, 0.25) is 0 Å². The van der Waals surface area contributed by atoms with Crippen LogP contribution in [0.1, 0.15) is 23.2 Å². The molecule has 104 valence electrons. The van der Waals surface area contributed by atoms with Gasteiger partial charge in [-0.25, -0.2) is 0 Å². The Hall–Kier alpha value is -1.49. The Morgan fingerprint density at radius 1 is 1.25 bits per heavy atom. The van der Waals surface area contributed by atoms with Crippen LogP contribution in [0.5, 0.6) is 0 Å². The quantitative estimate of drug-likeness (QED) is 0.794. The third-order valence-corrected chi connectivity index (χ3v) is 4.76. The van der Waals surface area contributed by atoms with Gasteiger partial charge >= 0.3 is 0 Å². The van der Waals surface area contributed by atoms with Gasteiger partial charge in [-0.3, -0.25) is 14.8 Å². The summed E-state index contributed by atoms with van der Waals surface area (Å²) in [5, 5.41) is 1.02. The lowest BCUT2D eigenvalue weighted by Crippen LogP contribution is -2.38. The minimum atomic E-state index is 0.0733. The molecule has 1 saturated heterocycles. The van der Waals surface area contributed by atoms with Crippen LogP contribution in [0, 0.1) is 5.92 Å². The summed E-state index contributed by atoms with van der Waals surface area (Å²) in [6.07, 6.45) is 5.41. The first-order chi connectivity index (χ1) is 9.79. The number of para-hydroxylation sites is 1. The topological polar surface area (TPSA) is 46.1 Å². The van der Waals surface area contributed by atoms with E-state index in [9.17, 15) is 4.79 Å². The van der Waals surface area contributed by atoms with Crippen molar-refractivity contribution in [2.45, 2.75) is 12.8 Å². The third-order valence-electron chi connectivity index (χ3n) is 3.85. The second-order valence-corrected chi connectivity index (χ2v) is 5.77. The molecule has 20 heavy (non-hydrogen) atoms. The Kier molecular flexibility index (Phi) is 3.96. The lowest BCUT2D eigenvalue weighted by atomic mass is 9.98. The summed E-state index contributed by atoms with van der Waals surface area (Å²) in [7, 11) is 0. The molecule has 3 rings (SSSR count). The van der Waals surface area contributed by atoms with E-state index in [4.69, 9.17) is 0 Å². The second kappa shape index (κ2) is 5.87. The largest absolute Gasteiger partial charge is 0.339 e. The summed E-state index contributed by atoms with van der Waals surface area (Å²) in [6.45, 7) is 1.65. The van der Waals surface area contributed by atoms with Crippen LogP contribution in [0.3, 0.4) is 0 Å². The van der Waals surface area contributed by atoms with Crippen LogP contribution in [0.2, 0.25) is 0 Å². The molecular weight excluding hydrogens is 318 g/mol. The second-order valence-electron chi connectivity index (χ2n) is 5.12. The molecule has 1 amide bonds. The highest BCUT2D eigenvalue weighted by Gasteiger charge is 2.24. The predicted molar refractivity (Wildman–Crippen MR) is 82.0 cm³/mol. The number of nitrogens with zero attached hydrogens (tertiary/aromatic N) is 3. The first-order valence-electron chi connectivity index (χ1n) is 6.84. The summed E-state index contributed by atoms with van der Waals surface area (Å²) in [4.78, 5) is 23.2. The minimum Gasteiger partial charge on any atom is -0.339 e. The zero-order chi connectivity index (χ0) is 13.9.